The quantitative estimate of drug-likeness (QED) is 0.463. The number of hydrogen-bond acceptors (Lipinski definition) is 3. The van der Waals surface area contributed by atoms with Gasteiger partial charge < -0.3 is 9.47 Å². The van der Waals surface area contributed by atoms with Crippen molar-refractivity contribution in [1.29, 1.82) is 0 Å². The van der Waals surface area contributed by atoms with Crippen molar-refractivity contribution in [3.8, 4) is 11.5 Å². The van der Waals surface area contributed by atoms with Crippen LogP contribution in [0.15, 0.2) is 17.0 Å². The summed E-state index contributed by atoms with van der Waals surface area (Å²) < 4.78 is 12.2. The first-order valence-electron chi connectivity index (χ1n) is 10.2. The first kappa shape index (κ1) is 19.7. The second-order valence-corrected chi connectivity index (χ2v) is 9.43. The molecular formula is C23H34O2S. The van der Waals surface area contributed by atoms with Gasteiger partial charge in [-0.3, -0.25) is 0 Å². The Kier molecular flexibility index (Phi) is 6.27. The normalized spacial score (nSPS) is 19.0. The largest absolute Gasteiger partial charge is 0.496 e. The molecule has 2 heterocycles. The Bertz CT molecular complexity index is 675. The van der Waals surface area contributed by atoms with Crippen LogP contribution in [0.5, 0.6) is 11.5 Å². The molecule has 3 heteroatoms. The van der Waals surface area contributed by atoms with Crippen LogP contribution in [-0.4, -0.2) is 18.5 Å². The van der Waals surface area contributed by atoms with Crippen LogP contribution >= 0.6 is 11.8 Å². The molecule has 2 aliphatic rings. The van der Waals surface area contributed by atoms with E-state index in [4.69, 9.17) is 9.47 Å². The minimum atomic E-state index is -0.222. The highest BCUT2D eigenvalue weighted by atomic mass is 32.2. The lowest BCUT2D eigenvalue weighted by Gasteiger charge is -2.35. The summed E-state index contributed by atoms with van der Waals surface area (Å²) in [4.78, 5) is 1.39. The molecule has 1 atom stereocenters. The summed E-state index contributed by atoms with van der Waals surface area (Å²) in [5.41, 5.74) is 3.76. The SMILES string of the molecule is CCCCCC(C)CCc1cc(OC)c2c(c1)OC(C)(C)C1=C2CCS1. The van der Waals surface area contributed by atoms with Crippen molar-refractivity contribution in [1.82, 2.24) is 0 Å². The average molecular weight is 375 g/mol. The molecule has 26 heavy (non-hydrogen) atoms. The van der Waals surface area contributed by atoms with Crippen molar-refractivity contribution in [3.63, 3.8) is 0 Å². The Balaban J connectivity index is 1.79. The summed E-state index contributed by atoms with van der Waals surface area (Å²) >= 11 is 1.94. The number of methoxy groups -OCH3 is 1. The topological polar surface area (TPSA) is 18.5 Å². The van der Waals surface area contributed by atoms with Crippen LogP contribution in [0.3, 0.4) is 0 Å². The second kappa shape index (κ2) is 8.29. The molecule has 0 saturated carbocycles. The molecule has 1 aromatic rings. The Morgan fingerprint density at radius 3 is 2.77 bits per heavy atom. The zero-order valence-electron chi connectivity index (χ0n) is 17.1. The first-order chi connectivity index (χ1) is 12.5. The van der Waals surface area contributed by atoms with Crippen LogP contribution in [0.1, 0.15) is 77.3 Å². The number of allylic oxidation sites excluding steroid dienone is 1. The zero-order valence-corrected chi connectivity index (χ0v) is 17.9. The number of unbranched alkanes of at least 4 members (excludes halogenated alkanes) is 2. The number of thioether (sulfide) groups is 1. The standard InChI is InChI=1S/C23H34O2S/c1-6-7-8-9-16(2)10-11-17-14-19(24-5)21-18-12-13-26-22(18)23(3,4)25-20(21)15-17/h14-16H,6-13H2,1-5H3. The lowest BCUT2D eigenvalue weighted by atomic mass is 9.90. The summed E-state index contributed by atoms with van der Waals surface area (Å²) in [6, 6.07) is 4.51. The van der Waals surface area contributed by atoms with E-state index in [-0.39, 0.29) is 5.60 Å². The Hall–Kier alpha value is -1.09. The van der Waals surface area contributed by atoms with Crippen molar-refractivity contribution in [3.05, 3.63) is 28.2 Å². The van der Waals surface area contributed by atoms with Crippen LogP contribution in [0.25, 0.3) is 5.57 Å². The van der Waals surface area contributed by atoms with E-state index in [9.17, 15) is 0 Å². The van der Waals surface area contributed by atoms with Gasteiger partial charge in [-0.15, -0.1) is 11.8 Å². The number of aryl methyl sites for hydroxylation is 1. The molecule has 0 radical (unpaired) electrons. The van der Waals surface area contributed by atoms with Crippen molar-refractivity contribution in [2.45, 2.75) is 78.2 Å². The molecule has 2 aliphatic heterocycles. The number of benzene rings is 1. The van der Waals surface area contributed by atoms with Crippen LogP contribution < -0.4 is 9.47 Å². The molecule has 144 valence electrons. The fraction of sp³-hybridized carbons (Fsp3) is 0.652. The van der Waals surface area contributed by atoms with Gasteiger partial charge in [-0.2, -0.15) is 0 Å². The van der Waals surface area contributed by atoms with Crippen LogP contribution in [0.2, 0.25) is 0 Å². The van der Waals surface area contributed by atoms with Crippen LogP contribution in [0.4, 0.5) is 0 Å². The molecule has 2 nitrogen and oxygen atoms in total. The van der Waals surface area contributed by atoms with Crippen molar-refractivity contribution in [2.24, 2.45) is 5.92 Å². The second-order valence-electron chi connectivity index (χ2n) is 8.33. The fourth-order valence-electron chi connectivity index (χ4n) is 4.18. The van der Waals surface area contributed by atoms with Gasteiger partial charge >= 0.3 is 0 Å². The Morgan fingerprint density at radius 1 is 1.23 bits per heavy atom. The lowest BCUT2D eigenvalue weighted by Crippen LogP contribution is -2.32. The third-order valence-corrected chi connectivity index (χ3v) is 7.09. The predicted octanol–water partition coefficient (Wildman–Crippen LogP) is 6.86. The maximum Gasteiger partial charge on any atom is 0.134 e. The summed E-state index contributed by atoms with van der Waals surface area (Å²) in [7, 11) is 1.79. The van der Waals surface area contributed by atoms with Gasteiger partial charge in [0.1, 0.15) is 17.1 Å². The van der Waals surface area contributed by atoms with E-state index in [1.165, 1.54) is 53.7 Å². The number of fused-ring (bicyclic) bond motifs is 2. The van der Waals surface area contributed by atoms with E-state index >= 15 is 0 Å². The highest BCUT2D eigenvalue weighted by Gasteiger charge is 2.39. The van der Waals surface area contributed by atoms with E-state index in [0.29, 0.717) is 0 Å². The van der Waals surface area contributed by atoms with E-state index in [1.807, 2.05) is 11.8 Å². The summed E-state index contributed by atoms with van der Waals surface area (Å²) in [6.07, 6.45) is 8.81. The molecule has 1 aromatic carbocycles. The van der Waals surface area contributed by atoms with Gasteiger partial charge in [-0.25, -0.2) is 0 Å². The Morgan fingerprint density at radius 2 is 2.04 bits per heavy atom. The molecule has 0 aliphatic carbocycles. The number of hydrogen-bond donors (Lipinski definition) is 0. The minimum absolute atomic E-state index is 0.222. The molecule has 3 rings (SSSR count). The molecular weight excluding hydrogens is 340 g/mol. The van der Waals surface area contributed by atoms with Crippen LogP contribution in [-0.2, 0) is 6.42 Å². The fourth-order valence-corrected chi connectivity index (χ4v) is 5.46. The highest BCUT2D eigenvalue weighted by molar-refractivity contribution is 8.03. The molecule has 0 spiro atoms. The summed E-state index contributed by atoms with van der Waals surface area (Å²) in [5.74, 6) is 3.93. The van der Waals surface area contributed by atoms with Crippen molar-refractivity contribution in [2.75, 3.05) is 12.9 Å². The van der Waals surface area contributed by atoms with E-state index in [2.05, 4.69) is 39.8 Å². The van der Waals surface area contributed by atoms with E-state index in [1.54, 1.807) is 7.11 Å². The monoisotopic (exact) mass is 374 g/mol. The number of ether oxygens (including phenoxy) is 2. The van der Waals surface area contributed by atoms with Gasteiger partial charge in [0, 0.05) is 10.7 Å². The van der Waals surface area contributed by atoms with Gasteiger partial charge in [-0.05, 0) is 62.3 Å². The minimum Gasteiger partial charge on any atom is -0.496 e. The molecule has 0 aromatic heterocycles. The third kappa shape index (κ3) is 4.08. The van der Waals surface area contributed by atoms with Gasteiger partial charge in [0.05, 0.1) is 12.7 Å². The van der Waals surface area contributed by atoms with Gasteiger partial charge in [0.15, 0.2) is 0 Å². The maximum absolute atomic E-state index is 6.44. The third-order valence-electron chi connectivity index (χ3n) is 5.66. The predicted molar refractivity (Wildman–Crippen MR) is 113 cm³/mol. The van der Waals surface area contributed by atoms with Crippen LogP contribution in [0, 0.1) is 5.92 Å². The molecule has 0 N–H and O–H groups in total. The van der Waals surface area contributed by atoms with Crippen molar-refractivity contribution >= 4 is 17.3 Å². The van der Waals surface area contributed by atoms with Gasteiger partial charge in [0.2, 0.25) is 0 Å². The smallest absolute Gasteiger partial charge is 0.134 e. The van der Waals surface area contributed by atoms with Crippen molar-refractivity contribution < 1.29 is 9.47 Å². The van der Waals surface area contributed by atoms with Gasteiger partial charge in [0.25, 0.3) is 0 Å². The average Bonchev–Trinajstić information content (AvgIpc) is 3.10. The van der Waals surface area contributed by atoms with Gasteiger partial charge in [-0.1, -0.05) is 39.5 Å². The first-order valence-corrected chi connectivity index (χ1v) is 11.2. The molecule has 0 bridgehead atoms. The number of rotatable bonds is 8. The summed E-state index contributed by atoms with van der Waals surface area (Å²) in [6.45, 7) is 9.05. The molecule has 0 fully saturated rings. The highest BCUT2D eigenvalue weighted by Crippen LogP contribution is 2.54. The lowest BCUT2D eigenvalue weighted by molar-refractivity contribution is 0.153. The van der Waals surface area contributed by atoms with E-state index < -0.39 is 0 Å². The molecule has 0 saturated heterocycles. The maximum atomic E-state index is 6.44. The summed E-state index contributed by atoms with van der Waals surface area (Å²) in [5, 5.41) is 0. The zero-order chi connectivity index (χ0) is 18.7. The molecule has 1 unspecified atom stereocenters. The Labute approximate surface area is 163 Å². The molecule has 0 amide bonds. The van der Waals surface area contributed by atoms with E-state index in [0.717, 1.165) is 36.0 Å².